The molecule has 2 aromatic heterocycles. The molecule has 0 fully saturated rings. The van der Waals surface area contributed by atoms with Gasteiger partial charge in [-0.3, -0.25) is 4.68 Å². The number of nitrogens with zero attached hydrogens (tertiary/aromatic N) is 3. The summed E-state index contributed by atoms with van der Waals surface area (Å²) in [7, 11) is 1.82. The summed E-state index contributed by atoms with van der Waals surface area (Å²) in [4.78, 5) is 6.93. The minimum Gasteiger partial charge on any atom is -0.384 e. The number of anilines is 1. The van der Waals surface area contributed by atoms with Crippen LogP contribution in [0.2, 0.25) is 0 Å². The Kier molecular flexibility index (Phi) is 1.58. The third-order valence-electron chi connectivity index (χ3n) is 2.09. The number of imidazole rings is 1. The molecule has 0 radical (unpaired) electrons. The molecule has 2 rings (SSSR count). The molecular weight excluding hydrogens is 166 g/mol. The largest absolute Gasteiger partial charge is 0.384 e. The summed E-state index contributed by atoms with van der Waals surface area (Å²) in [6.07, 6.45) is 3.36. The van der Waals surface area contributed by atoms with Gasteiger partial charge in [0.25, 0.3) is 0 Å². The second-order valence-corrected chi connectivity index (χ2v) is 2.95. The highest BCUT2D eigenvalue weighted by molar-refractivity contribution is 5.63. The van der Waals surface area contributed by atoms with Gasteiger partial charge >= 0.3 is 0 Å². The molecule has 5 nitrogen and oxygen atoms in total. The number of aryl methyl sites for hydroxylation is 1. The van der Waals surface area contributed by atoms with Crippen molar-refractivity contribution in [2.75, 3.05) is 5.73 Å². The summed E-state index contributed by atoms with van der Waals surface area (Å²) in [6, 6.07) is 0. The van der Waals surface area contributed by atoms with Crippen LogP contribution in [0.15, 0.2) is 12.5 Å². The number of H-pyrrole nitrogens is 1. The standard InChI is InChI=1S/C8H11N5/c1-5-7(6-3-10-4-11-6)12-13(2)8(5)9/h3-4H,9H2,1-2H3,(H,10,11). The smallest absolute Gasteiger partial charge is 0.124 e. The van der Waals surface area contributed by atoms with E-state index in [2.05, 4.69) is 15.1 Å². The number of aromatic amines is 1. The Labute approximate surface area is 75.6 Å². The predicted molar refractivity (Wildman–Crippen MR) is 49.9 cm³/mol. The highest BCUT2D eigenvalue weighted by Gasteiger charge is 2.11. The van der Waals surface area contributed by atoms with E-state index >= 15 is 0 Å². The number of aromatic nitrogens is 4. The molecule has 0 aliphatic rings. The fourth-order valence-electron chi connectivity index (χ4n) is 1.28. The summed E-state index contributed by atoms with van der Waals surface area (Å²) in [5.74, 6) is 0.685. The average Bonchev–Trinajstić information content (AvgIpc) is 2.70. The van der Waals surface area contributed by atoms with Gasteiger partial charge in [0, 0.05) is 12.6 Å². The SMILES string of the molecule is Cc1c(-c2cnc[nH]2)nn(C)c1N. The first-order valence-electron chi connectivity index (χ1n) is 3.98. The van der Waals surface area contributed by atoms with Crippen molar-refractivity contribution in [3.8, 4) is 11.4 Å². The normalized spacial score (nSPS) is 10.6. The van der Waals surface area contributed by atoms with E-state index < -0.39 is 0 Å². The molecule has 3 N–H and O–H groups in total. The second kappa shape index (κ2) is 2.62. The zero-order chi connectivity index (χ0) is 9.42. The summed E-state index contributed by atoms with van der Waals surface area (Å²) >= 11 is 0. The summed E-state index contributed by atoms with van der Waals surface area (Å²) in [5.41, 5.74) is 8.51. The zero-order valence-corrected chi connectivity index (χ0v) is 7.57. The van der Waals surface area contributed by atoms with E-state index in [9.17, 15) is 0 Å². The average molecular weight is 177 g/mol. The molecule has 13 heavy (non-hydrogen) atoms. The molecule has 2 aromatic rings. The molecule has 2 heterocycles. The van der Waals surface area contributed by atoms with Crippen LogP contribution in [-0.4, -0.2) is 19.7 Å². The third-order valence-corrected chi connectivity index (χ3v) is 2.09. The molecule has 0 saturated heterocycles. The Bertz CT molecular complexity index is 412. The summed E-state index contributed by atoms with van der Waals surface area (Å²) in [5, 5.41) is 4.27. The van der Waals surface area contributed by atoms with Crippen molar-refractivity contribution in [3.05, 3.63) is 18.1 Å². The second-order valence-electron chi connectivity index (χ2n) is 2.95. The Morgan fingerprint density at radius 2 is 2.31 bits per heavy atom. The Balaban J connectivity index is 2.59. The quantitative estimate of drug-likeness (QED) is 0.673. The Morgan fingerprint density at radius 1 is 1.54 bits per heavy atom. The van der Waals surface area contributed by atoms with Gasteiger partial charge in [-0.15, -0.1) is 0 Å². The lowest BCUT2D eigenvalue weighted by atomic mass is 10.2. The predicted octanol–water partition coefficient (Wildman–Crippen LogP) is 0.701. The third kappa shape index (κ3) is 1.09. The van der Waals surface area contributed by atoms with Crippen LogP contribution in [0, 0.1) is 6.92 Å². The van der Waals surface area contributed by atoms with Crippen molar-refractivity contribution < 1.29 is 0 Å². The monoisotopic (exact) mass is 177 g/mol. The molecule has 0 unspecified atom stereocenters. The van der Waals surface area contributed by atoms with Crippen LogP contribution in [-0.2, 0) is 7.05 Å². The lowest BCUT2D eigenvalue weighted by Crippen LogP contribution is -1.97. The minimum atomic E-state index is 0.685. The van der Waals surface area contributed by atoms with Crippen molar-refractivity contribution in [2.45, 2.75) is 6.92 Å². The lowest BCUT2D eigenvalue weighted by molar-refractivity contribution is 0.781. The van der Waals surface area contributed by atoms with Gasteiger partial charge in [0.1, 0.15) is 11.5 Å². The van der Waals surface area contributed by atoms with Crippen molar-refractivity contribution in [1.29, 1.82) is 0 Å². The van der Waals surface area contributed by atoms with E-state index in [0.29, 0.717) is 5.82 Å². The van der Waals surface area contributed by atoms with Gasteiger partial charge in [-0.05, 0) is 6.92 Å². The van der Waals surface area contributed by atoms with E-state index in [1.807, 2.05) is 14.0 Å². The molecule has 5 heteroatoms. The first-order chi connectivity index (χ1) is 6.20. The molecule has 0 aromatic carbocycles. The van der Waals surface area contributed by atoms with Crippen molar-refractivity contribution in [3.63, 3.8) is 0 Å². The maximum Gasteiger partial charge on any atom is 0.124 e. The number of nitrogen functional groups attached to an aromatic ring is 1. The Morgan fingerprint density at radius 3 is 2.77 bits per heavy atom. The molecule has 0 spiro atoms. The molecule has 0 aliphatic carbocycles. The molecule has 0 saturated carbocycles. The number of nitrogens with two attached hydrogens (primary N) is 1. The van der Waals surface area contributed by atoms with Crippen LogP contribution in [0.3, 0.4) is 0 Å². The molecule has 0 aliphatic heterocycles. The van der Waals surface area contributed by atoms with Crippen molar-refractivity contribution >= 4 is 5.82 Å². The van der Waals surface area contributed by atoms with Crippen molar-refractivity contribution in [1.82, 2.24) is 19.7 Å². The van der Waals surface area contributed by atoms with Gasteiger partial charge in [0.2, 0.25) is 0 Å². The zero-order valence-electron chi connectivity index (χ0n) is 7.57. The lowest BCUT2D eigenvalue weighted by Gasteiger charge is -1.92. The summed E-state index contributed by atoms with van der Waals surface area (Å²) in [6.45, 7) is 1.94. The number of hydrogen-bond donors (Lipinski definition) is 2. The number of rotatable bonds is 1. The molecular formula is C8H11N5. The first kappa shape index (κ1) is 7.85. The number of hydrogen-bond acceptors (Lipinski definition) is 3. The topological polar surface area (TPSA) is 72.5 Å². The van der Waals surface area contributed by atoms with Crippen LogP contribution in [0.1, 0.15) is 5.56 Å². The molecule has 0 amide bonds. The van der Waals surface area contributed by atoms with Crippen LogP contribution >= 0.6 is 0 Å². The summed E-state index contributed by atoms with van der Waals surface area (Å²) < 4.78 is 1.66. The van der Waals surface area contributed by atoms with E-state index in [0.717, 1.165) is 17.0 Å². The highest BCUT2D eigenvalue weighted by atomic mass is 15.3. The van der Waals surface area contributed by atoms with Gasteiger partial charge < -0.3 is 10.7 Å². The number of nitrogens with one attached hydrogen (secondary N) is 1. The van der Waals surface area contributed by atoms with Gasteiger partial charge in [0.05, 0.1) is 18.2 Å². The van der Waals surface area contributed by atoms with Crippen LogP contribution < -0.4 is 5.73 Å². The van der Waals surface area contributed by atoms with Crippen LogP contribution in [0.5, 0.6) is 0 Å². The molecule has 68 valence electrons. The van der Waals surface area contributed by atoms with Gasteiger partial charge in [-0.25, -0.2) is 4.98 Å². The minimum absolute atomic E-state index is 0.685. The van der Waals surface area contributed by atoms with Crippen LogP contribution in [0.25, 0.3) is 11.4 Å². The van der Waals surface area contributed by atoms with E-state index in [1.54, 1.807) is 17.2 Å². The fraction of sp³-hybridized carbons (Fsp3) is 0.250. The van der Waals surface area contributed by atoms with E-state index in [-0.39, 0.29) is 0 Å². The highest BCUT2D eigenvalue weighted by Crippen LogP contribution is 2.23. The van der Waals surface area contributed by atoms with Gasteiger partial charge in [-0.1, -0.05) is 0 Å². The fourth-order valence-corrected chi connectivity index (χ4v) is 1.28. The Hall–Kier alpha value is -1.78. The van der Waals surface area contributed by atoms with E-state index in [1.165, 1.54) is 0 Å². The first-order valence-corrected chi connectivity index (χ1v) is 3.98. The maximum absolute atomic E-state index is 5.77. The molecule has 0 bridgehead atoms. The van der Waals surface area contributed by atoms with Crippen LogP contribution in [0.4, 0.5) is 5.82 Å². The van der Waals surface area contributed by atoms with E-state index in [4.69, 9.17) is 5.73 Å². The van der Waals surface area contributed by atoms with Gasteiger partial charge in [0.15, 0.2) is 0 Å². The van der Waals surface area contributed by atoms with Gasteiger partial charge in [-0.2, -0.15) is 5.10 Å². The van der Waals surface area contributed by atoms with Crippen molar-refractivity contribution in [2.24, 2.45) is 7.05 Å². The maximum atomic E-state index is 5.77. The molecule has 0 atom stereocenters.